The van der Waals surface area contributed by atoms with Crippen LogP contribution in [0.15, 0.2) is 91.0 Å². The van der Waals surface area contributed by atoms with Gasteiger partial charge in [-0.3, -0.25) is 14.9 Å². The number of hydrogen-bond acceptors (Lipinski definition) is 6. The van der Waals surface area contributed by atoms with Crippen molar-refractivity contribution in [3.8, 4) is 21.7 Å². The number of amides is 1. The van der Waals surface area contributed by atoms with Gasteiger partial charge >= 0.3 is 0 Å². The summed E-state index contributed by atoms with van der Waals surface area (Å²) in [4.78, 5) is 28.5. The standard InChI is InChI=1S/C24H18N4O3S/c25-27(21(29)16-13-17-11-14-20(15-12-17)28(30)31)24-26-22(18-7-3-1-4-8-18)23(32-24)19-9-5-2-6-10-19/h1-16H,25H2. The third-order valence-corrected chi connectivity index (χ3v) is 5.77. The fourth-order valence-electron chi connectivity index (χ4n) is 3.04. The van der Waals surface area contributed by atoms with Crippen LogP contribution in [0.3, 0.4) is 0 Å². The van der Waals surface area contributed by atoms with E-state index in [1.165, 1.54) is 29.5 Å². The van der Waals surface area contributed by atoms with Gasteiger partial charge in [-0.25, -0.2) is 15.8 Å². The molecule has 0 radical (unpaired) electrons. The Labute approximate surface area is 188 Å². The summed E-state index contributed by atoms with van der Waals surface area (Å²) < 4.78 is 0. The number of hydrazine groups is 1. The number of carbonyl (C=O) groups excluding carboxylic acids is 1. The van der Waals surface area contributed by atoms with Crippen LogP contribution in [0.2, 0.25) is 0 Å². The molecule has 0 unspecified atom stereocenters. The second-order valence-corrected chi connectivity index (χ2v) is 7.77. The van der Waals surface area contributed by atoms with E-state index in [9.17, 15) is 14.9 Å². The highest BCUT2D eigenvalue weighted by Crippen LogP contribution is 2.39. The summed E-state index contributed by atoms with van der Waals surface area (Å²) in [6.07, 6.45) is 2.86. The van der Waals surface area contributed by atoms with Crippen molar-refractivity contribution in [1.29, 1.82) is 0 Å². The van der Waals surface area contributed by atoms with Gasteiger partial charge < -0.3 is 0 Å². The fraction of sp³-hybridized carbons (Fsp3) is 0. The summed E-state index contributed by atoms with van der Waals surface area (Å²) in [5.41, 5.74) is 3.29. The summed E-state index contributed by atoms with van der Waals surface area (Å²) in [6, 6.07) is 25.4. The zero-order valence-corrected chi connectivity index (χ0v) is 17.6. The number of nitrogens with two attached hydrogens (primary N) is 1. The Morgan fingerprint density at radius 1 is 0.938 bits per heavy atom. The summed E-state index contributed by atoms with van der Waals surface area (Å²) in [5, 5.41) is 12.1. The predicted octanol–water partition coefficient (Wildman–Crippen LogP) is 5.31. The van der Waals surface area contributed by atoms with Gasteiger partial charge in [0.05, 0.1) is 15.5 Å². The third kappa shape index (κ3) is 4.61. The van der Waals surface area contributed by atoms with E-state index in [2.05, 4.69) is 4.98 Å². The Kier molecular flexibility index (Phi) is 6.16. The number of anilines is 1. The van der Waals surface area contributed by atoms with E-state index in [1.54, 1.807) is 18.2 Å². The molecule has 0 aliphatic carbocycles. The van der Waals surface area contributed by atoms with E-state index in [0.717, 1.165) is 26.7 Å². The van der Waals surface area contributed by atoms with E-state index in [-0.39, 0.29) is 5.69 Å². The SMILES string of the molecule is NN(C(=O)C=Cc1ccc([N+](=O)[O-])cc1)c1nc(-c2ccccc2)c(-c2ccccc2)s1. The second kappa shape index (κ2) is 9.34. The highest BCUT2D eigenvalue weighted by Gasteiger charge is 2.20. The van der Waals surface area contributed by atoms with Crippen LogP contribution < -0.4 is 10.9 Å². The number of carbonyl (C=O) groups is 1. The molecule has 0 fully saturated rings. The number of rotatable bonds is 6. The minimum absolute atomic E-state index is 0.0152. The molecule has 4 aromatic rings. The van der Waals surface area contributed by atoms with E-state index in [0.29, 0.717) is 10.7 Å². The lowest BCUT2D eigenvalue weighted by Gasteiger charge is -2.09. The van der Waals surface area contributed by atoms with Crippen LogP contribution in [0.4, 0.5) is 10.8 Å². The molecule has 0 saturated carbocycles. The molecule has 0 spiro atoms. The molecular weight excluding hydrogens is 424 g/mol. The molecule has 3 aromatic carbocycles. The maximum absolute atomic E-state index is 12.7. The predicted molar refractivity (Wildman–Crippen MR) is 127 cm³/mol. The molecule has 1 heterocycles. The largest absolute Gasteiger partial charge is 0.269 e. The molecule has 4 rings (SSSR count). The second-order valence-electron chi connectivity index (χ2n) is 6.80. The quantitative estimate of drug-likeness (QED) is 0.143. The van der Waals surface area contributed by atoms with Crippen LogP contribution in [0, 0.1) is 10.1 Å². The van der Waals surface area contributed by atoms with Gasteiger partial charge in [0.1, 0.15) is 0 Å². The smallest absolute Gasteiger partial charge is 0.268 e. The lowest BCUT2D eigenvalue weighted by Crippen LogP contribution is -2.36. The molecule has 0 aliphatic rings. The Balaban J connectivity index is 1.62. The van der Waals surface area contributed by atoms with Crippen molar-refractivity contribution in [2.45, 2.75) is 0 Å². The van der Waals surface area contributed by atoms with Crippen LogP contribution in [-0.2, 0) is 4.79 Å². The molecule has 7 nitrogen and oxygen atoms in total. The number of hydrogen-bond donors (Lipinski definition) is 1. The maximum Gasteiger partial charge on any atom is 0.269 e. The molecule has 32 heavy (non-hydrogen) atoms. The van der Waals surface area contributed by atoms with Crippen molar-refractivity contribution in [2.75, 3.05) is 5.01 Å². The van der Waals surface area contributed by atoms with E-state index in [1.807, 2.05) is 60.7 Å². The van der Waals surface area contributed by atoms with Crippen molar-refractivity contribution < 1.29 is 9.72 Å². The Hall–Kier alpha value is -4.14. The number of nitro groups is 1. The third-order valence-electron chi connectivity index (χ3n) is 4.66. The van der Waals surface area contributed by atoms with Crippen molar-refractivity contribution >= 4 is 34.1 Å². The van der Waals surface area contributed by atoms with Crippen LogP contribution in [-0.4, -0.2) is 15.8 Å². The zero-order valence-electron chi connectivity index (χ0n) is 16.8. The van der Waals surface area contributed by atoms with Gasteiger partial charge in [0, 0.05) is 23.8 Å². The summed E-state index contributed by atoms with van der Waals surface area (Å²) in [5.74, 6) is 5.63. The lowest BCUT2D eigenvalue weighted by molar-refractivity contribution is -0.384. The monoisotopic (exact) mass is 442 g/mol. The molecule has 0 bridgehead atoms. The summed E-state index contributed by atoms with van der Waals surface area (Å²) >= 11 is 1.33. The first-order chi connectivity index (χ1) is 15.5. The first-order valence-corrected chi connectivity index (χ1v) is 10.5. The average molecular weight is 443 g/mol. The number of non-ortho nitro benzene ring substituents is 1. The average Bonchev–Trinajstić information content (AvgIpc) is 3.29. The Morgan fingerprint density at radius 3 is 2.12 bits per heavy atom. The van der Waals surface area contributed by atoms with Gasteiger partial charge in [0.2, 0.25) is 5.13 Å². The van der Waals surface area contributed by atoms with Gasteiger partial charge in [0.15, 0.2) is 0 Å². The van der Waals surface area contributed by atoms with Crippen LogP contribution >= 0.6 is 11.3 Å². The fourth-order valence-corrected chi connectivity index (χ4v) is 4.06. The zero-order chi connectivity index (χ0) is 22.5. The number of benzene rings is 3. The Morgan fingerprint density at radius 2 is 1.53 bits per heavy atom. The molecule has 1 amide bonds. The highest BCUT2D eigenvalue weighted by atomic mass is 32.1. The van der Waals surface area contributed by atoms with E-state index >= 15 is 0 Å². The molecule has 158 valence electrons. The van der Waals surface area contributed by atoms with Crippen molar-refractivity contribution in [1.82, 2.24) is 4.98 Å². The molecule has 1 aromatic heterocycles. The first-order valence-electron chi connectivity index (χ1n) is 9.66. The maximum atomic E-state index is 12.7. The van der Waals surface area contributed by atoms with Gasteiger partial charge in [-0.1, -0.05) is 72.0 Å². The number of thiazole rings is 1. The van der Waals surface area contributed by atoms with E-state index < -0.39 is 10.8 Å². The number of nitrogens with zero attached hydrogens (tertiary/aromatic N) is 3. The Bertz CT molecular complexity index is 1210. The van der Waals surface area contributed by atoms with Gasteiger partial charge in [0.25, 0.3) is 11.6 Å². The van der Waals surface area contributed by atoms with Crippen molar-refractivity contribution in [3.63, 3.8) is 0 Å². The normalized spacial score (nSPS) is 10.9. The summed E-state index contributed by atoms with van der Waals surface area (Å²) in [7, 11) is 0. The molecule has 2 N–H and O–H groups in total. The van der Waals surface area contributed by atoms with E-state index in [4.69, 9.17) is 5.84 Å². The number of nitro benzene ring substituents is 1. The van der Waals surface area contributed by atoms with Crippen LogP contribution in [0.5, 0.6) is 0 Å². The first kappa shape index (κ1) is 21.1. The van der Waals surface area contributed by atoms with Crippen LogP contribution in [0.1, 0.15) is 5.56 Å². The molecule has 0 aliphatic heterocycles. The van der Waals surface area contributed by atoms with Crippen molar-refractivity contribution in [2.24, 2.45) is 5.84 Å². The molecule has 0 saturated heterocycles. The van der Waals surface area contributed by atoms with Gasteiger partial charge in [-0.05, 0) is 29.3 Å². The minimum Gasteiger partial charge on any atom is -0.268 e. The highest BCUT2D eigenvalue weighted by molar-refractivity contribution is 7.19. The lowest BCUT2D eigenvalue weighted by atomic mass is 10.1. The van der Waals surface area contributed by atoms with Gasteiger partial charge in [-0.2, -0.15) is 0 Å². The number of aromatic nitrogens is 1. The molecule has 8 heteroatoms. The molecular formula is C24H18N4O3S. The topological polar surface area (TPSA) is 102 Å². The van der Waals surface area contributed by atoms with Gasteiger partial charge in [-0.15, -0.1) is 0 Å². The minimum atomic E-state index is -0.475. The summed E-state index contributed by atoms with van der Waals surface area (Å²) in [6.45, 7) is 0. The van der Waals surface area contributed by atoms with Crippen molar-refractivity contribution in [3.05, 3.63) is 107 Å². The molecule has 0 atom stereocenters. The van der Waals surface area contributed by atoms with Crippen LogP contribution in [0.25, 0.3) is 27.8 Å².